The number of aryl methyl sites for hydroxylation is 1. The van der Waals surface area contributed by atoms with Crippen molar-refractivity contribution in [2.45, 2.75) is 26.8 Å². The molecule has 0 aliphatic carbocycles. The van der Waals surface area contributed by atoms with E-state index in [-0.39, 0.29) is 0 Å². The van der Waals surface area contributed by atoms with Gasteiger partial charge in [-0.2, -0.15) is 0 Å². The highest BCUT2D eigenvalue weighted by Gasteiger charge is 2.05. The number of rotatable bonds is 8. The zero-order chi connectivity index (χ0) is 13.5. The number of nitrogens with zero attached hydrogens (tertiary/aromatic N) is 3. The molecule has 0 unspecified atom stereocenters. The lowest BCUT2D eigenvalue weighted by molar-refractivity contribution is 0.147. The summed E-state index contributed by atoms with van der Waals surface area (Å²) >= 11 is 0. The molecule has 6 heteroatoms. The first-order chi connectivity index (χ1) is 9.29. The lowest BCUT2D eigenvalue weighted by atomic mass is 10.4. The van der Waals surface area contributed by atoms with E-state index in [1.165, 1.54) is 0 Å². The van der Waals surface area contributed by atoms with E-state index in [1.54, 1.807) is 6.20 Å². The predicted octanol–water partition coefficient (Wildman–Crippen LogP) is 2.07. The van der Waals surface area contributed by atoms with Crippen molar-refractivity contribution in [3.63, 3.8) is 0 Å². The maximum atomic E-state index is 5.29. The van der Waals surface area contributed by atoms with Gasteiger partial charge in [0.05, 0.1) is 6.54 Å². The number of nitrogens with one attached hydrogen (secondary N) is 1. The van der Waals surface area contributed by atoms with Crippen LogP contribution in [0.1, 0.15) is 24.8 Å². The van der Waals surface area contributed by atoms with Crippen molar-refractivity contribution in [2.24, 2.45) is 0 Å². The number of anilines is 1. The fourth-order valence-electron chi connectivity index (χ4n) is 1.79. The Morgan fingerprint density at radius 2 is 2.37 bits per heavy atom. The van der Waals surface area contributed by atoms with Gasteiger partial charge in [0.25, 0.3) is 0 Å². The topological polar surface area (TPSA) is 65.1 Å². The zero-order valence-corrected chi connectivity index (χ0v) is 11.4. The first-order valence-electron chi connectivity index (χ1n) is 6.54. The van der Waals surface area contributed by atoms with E-state index in [0.717, 1.165) is 43.6 Å². The maximum absolute atomic E-state index is 5.29. The third-order valence-electron chi connectivity index (χ3n) is 2.68. The van der Waals surface area contributed by atoms with Crippen molar-refractivity contribution < 1.29 is 9.26 Å². The molecule has 19 heavy (non-hydrogen) atoms. The van der Waals surface area contributed by atoms with Gasteiger partial charge in [-0.05, 0) is 20.3 Å². The molecule has 0 saturated heterocycles. The van der Waals surface area contributed by atoms with Crippen LogP contribution >= 0.6 is 0 Å². The second-order valence-electron chi connectivity index (χ2n) is 4.28. The second-order valence-corrected chi connectivity index (χ2v) is 4.28. The largest absolute Gasteiger partial charge is 0.382 e. The lowest BCUT2D eigenvalue weighted by Gasteiger charge is -2.08. The Balaban J connectivity index is 1.83. The van der Waals surface area contributed by atoms with Crippen LogP contribution in [0, 0.1) is 6.92 Å². The summed E-state index contributed by atoms with van der Waals surface area (Å²) in [4.78, 5) is 4.29. The summed E-state index contributed by atoms with van der Waals surface area (Å²) in [5.74, 6) is 1.67. The van der Waals surface area contributed by atoms with Crippen molar-refractivity contribution in [1.29, 1.82) is 0 Å². The molecule has 0 amide bonds. The third kappa shape index (κ3) is 4.10. The second kappa shape index (κ2) is 6.94. The van der Waals surface area contributed by atoms with E-state index in [2.05, 4.69) is 15.5 Å². The number of aromatic nitrogens is 3. The van der Waals surface area contributed by atoms with Crippen molar-refractivity contribution in [3.05, 3.63) is 29.9 Å². The standard InChI is InChI=1S/C13H20N4O2/c1-3-18-8-4-5-14-13-15-6-7-17(13)10-12-9-11(2)19-16-12/h6-7,9H,3-5,8,10H2,1-2H3,(H,14,15). The first-order valence-corrected chi connectivity index (χ1v) is 6.54. The van der Waals surface area contributed by atoms with E-state index in [4.69, 9.17) is 9.26 Å². The predicted molar refractivity (Wildman–Crippen MR) is 72.2 cm³/mol. The highest BCUT2D eigenvalue weighted by atomic mass is 16.5. The van der Waals surface area contributed by atoms with Gasteiger partial charge in [-0.25, -0.2) is 4.98 Å². The van der Waals surface area contributed by atoms with Crippen LogP contribution in [0.15, 0.2) is 23.0 Å². The summed E-state index contributed by atoms with van der Waals surface area (Å²) in [5.41, 5.74) is 0.896. The van der Waals surface area contributed by atoms with Crippen LogP contribution in [0.25, 0.3) is 0 Å². The molecule has 1 N–H and O–H groups in total. The van der Waals surface area contributed by atoms with Gasteiger partial charge in [-0.3, -0.25) is 0 Å². The molecule has 0 spiro atoms. The van der Waals surface area contributed by atoms with Gasteiger partial charge in [-0.15, -0.1) is 0 Å². The Morgan fingerprint density at radius 3 is 3.11 bits per heavy atom. The summed E-state index contributed by atoms with van der Waals surface area (Å²) in [7, 11) is 0. The van der Waals surface area contributed by atoms with Gasteiger partial charge in [0.2, 0.25) is 5.95 Å². The first kappa shape index (κ1) is 13.6. The van der Waals surface area contributed by atoms with Crippen LogP contribution in [0.5, 0.6) is 0 Å². The van der Waals surface area contributed by atoms with Crippen molar-refractivity contribution in [1.82, 2.24) is 14.7 Å². The van der Waals surface area contributed by atoms with Gasteiger partial charge in [0.1, 0.15) is 11.5 Å². The van der Waals surface area contributed by atoms with E-state index < -0.39 is 0 Å². The van der Waals surface area contributed by atoms with Gasteiger partial charge in [-0.1, -0.05) is 5.16 Å². The fourth-order valence-corrected chi connectivity index (χ4v) is 1.79. The molecule has 104 valence electrons. The highest BCUT2D eigenvalue weighted by molar-refractivity contribution is 5.26. The molecule has 0 atom stereocenters. The molecule has 0 aromatic carbocycles. The van der Waals surface area contributed by atoms with Gasteiger partial charge in [0.15, 0.2) is 0 Å². The molecule has 2 heterocycles. The highest BCUT2D eigenvalue weighted by Crippen LogP contribution is 2.09. The summed E-state index contributed by atoms with van der Waals surface area (Å²) in [5, 5.41) is 7.27. The molecule has 0 fully saturated rings. The normalized spacial score (nSPS) is 10.8. The number of hydrogen-bond acceptors (Lipinski definition) is 5. The lowest BCUT2D eigenvalue weighted by Crippen LogP contribution is -2.11. The SMILES string of the molecule is CCOCCCNc1nccn1Cc1cc(C)on1. The Morgan fingerprint density at radius 1 is 1.47 bits per heavy atom. The third-order valence-corrected chi connectivity index (χ3v) is 2.68. The Kier molecular flexibility index (Phi) is 4.97. The van der Waals surface area contributed by atoms with E-state index in [1.807, 2.05) is 30.7 Å². The van der Waals surface area contributed by atoms with Crippen LogP contribution in [0.4, 0.5) is 5.95 Å². The molecule has 0 aliphatic rings. The minimum absolute atomic E-state index is 0.658. The average Bonchev–Trinajstić information content (AvgIpc) is 3.00. The molecule has 2 aromatic rings. The fraction of sp³-hybridized carbons (Fsp3) is 0.538. The number of ether oxygens (including phenoxy) is 1. The van der Waals surface area contributed by atoms with Gasteiger partial charge < -0.3 is 19.1 Å². The van der Waals surface area contributed by atoms with Crippen LogP contribution in [-0.2, 0) is 11.3 Å². The zero-order valence-electron chi connectivity index (χ0n) is 11.4. The molecule has 0 saturated carbocycles. The Bertz CT molecular complexity index is 492. The Hall–Kier alpha value is -1.82. The van der Waals surface area contributed by atoms with Crippen LogP contribution in [-0.4, -0.2) is 34.5 Å². The summed E-state index contributed by atoms with van der Waals surface area (Å²) in [6.45, 7) is 6.92. The average molecular weight is 264 g/mol. The smallest absolute Gasteiger partial charge is 0.203 e. The Labute approximate surface area is 112 Å². The van der Waals surface area contributed by atoms with E-state index in [9.17, 15) is 0 Å². The quantitative estimate of drug-likeness (QED) is 0.739. The van der Waals surface area contributed by atoms with Crippen molar-refractivity contribution in [2.75, 3.05) is 25.1 Å². The monoisotopic (exact) mass is 264 g/mol. The molecule has 6 nitrogen and oxygen atoms in total. The van der Waals surface area contributed by atoms with Crippen molar-refractivity contribution >= 4 is 5.95 Å². The van der Waals surface area contributed by atoms with Crippen molar-refractivity contribution in [3.8, 4) is 0 Å². The molecular weight excluding hydrogens is 244 g/mol. The summed E-state index contributed by atoms with van der Waals surface area (Å²) in [6.07, 6.45) is 4.66. The summed E-state index contributed by atoms with van der Waals surface area (Å²) < 4.78 is 12.4. The molecule has 2 aromatic heterocycles. The minimum Gasteiger partial charge on any atom is -0.382 e. The molecule has 0 radical (unpaired) electrons. The van der Waals surface area contributed by atoms with Gasteiger partial charge >= 0.3 is 0 Å². The number of hydrogen-bond donors (Lipinski definition) is 1. The molecular formula is C13H20N4O2. The van der Waals surface area contributed by atoms with E-state index >= 15 is 0 Å². The van der Waals surface area contributed by atoms with Crippen LogP contribution in [0.3, 0.4) is 0 Å². The molecule has 0 bridgehead atoms. The maximum Gasteiger partial charge on any atom is 0.203 e. The van der Waals surface area contributed by atoms with Crippen LogP contribution in [0.2, 0.25) is 0 Å². The van der Waals surface area contributed by atoms with Gasteiger partial charge in [0, 0.05) is 38.2 Å². The van der Waals surface area contributed by atoms with Crippen LogP contribution < -0.4 is 5.32 Å². The summed E-state index contributed by atoms with van der Waals surface area (Å²) in [6, 6.07) is 1.93. The molecule has 2 rings (SSSR count). The number of imidazole rings is 1. The minimum atomic E-state index is 0.658. The van der Waals surface area contributed by atoms with E-state index in [0.29, 0.717) is 6.54 Å². The molecule has 0 aliphatic heterocycles.